The number of carboxylic acids is 2. The van der Waals surface area contributed by atoms with Gasteiger partial charge in [0.25, 0.3) is 0 Å². The summed E-state index contributed by atoms with van der Waals surface area (Å²) in [6.45, 7) is 0. The first-order valence-corrected chi connectivity index (χ1v) is 6.88. The van der Waals surface area contributed by atoms with Crippen LogP contribution in [0.3, 0.4) is 0 Å². The summed E-state index contributed by atoms with van der Waals surface area (Å²) in [5.41, 5.74) is 9.87. The van der Waals surface area contributed by atoms with E-state index in [-0.39, 0.29) is 49.1 Å². The van der Waals surface area contributed by atoms with E-state index in [4.69, 9.17) is 43.3 Å². The number of nitrogens with zero attached hydrogens (tertiary/aromatic N) is 2. The third kappa shape index (κ3) is 31.1. The van der Waals surface area contributed by atoms with E-state index in [0.717, 1.165) is 0 Å². The number of aliphatic carboxylic acids is 2. The van der Waals surface area contributed by atoms with E-state index in [9.17, 15) is 9.59 Å². The highest BCUT2D eigenvalue weighted by atomic mass is 35.5. The van der Waals surface area contributed by atoms with Crippen LogP contribution >= 0.6 is 12.4 Å². The van der Waals surface area contributed by atoms with E-state index in [1.165, 1.54) is 9.80 Å². The van der Waals surface area contributed by atoms with Gasteiger partial charge in [-0.2, -0.15) is 0 Å². The van der Waals surface area contributed by atoms with Crippen LogP contribution in [-0.4, -0.2) is 84.0 Å². The molecule has 0 saturated heterocycles. The smallest absolute Gasteiger partial charge is 0.303 e. The zero-order valence-electron chi connectivity index (χ0n) is 15.6. The summed E-state index contributed by atoms with van der Waals surface area (Å²) in [5, 5.41) is 48.0. The number of guanidine groups is 4. The third-order valence-electron chi connectivity index (χ3n) is 1.95. The van der Waals surface area contributed by atoms with Crippen LogP contribution in [0, 0.1) is 21.6 Å². The molecule has 0 aromatic rings. The fraction of sp³-hybridized carbons (Fsp3) is 0.500. The van der Waals surface area contributed by atoms with E-state index in [1.807, 2.05) is 0 Å². The van der Waals surface area contributed by atoms with Crippen molar-refractivity contribution in [2.24, 2.45) is 11.5 Å². The Morgan fingerprint density at radius 3 is 1.07 bits per heavy atom. The number of halogens is 1. The Morgan fingerprint density at radius 2 is 1.00 bits per heavy atom. The summed E-state index contributed by atoms with van der Waals surface area (Å²) in [6.07, 6.45) is -0.593. The summed E-state index contributed by atoms with van der Waals surface area (Å²) in [7, 11) is 6.77. The van der Waals surface area contributed by atoms with Gasteiger partial charge in [-0.1, -0.05) is 0 Å². The molecule has 0 aliphatic rings. The van der Waals surface area contributed by atoms with Gasteiger partial charge in [-0.3, -0.25) is 41.9 Å². The van der Waals surface area contributed by atoms with Crippen LogP contribution in [0.25, 0.3) is 0 Å². The minimum atomic E-state index is -1.08. The van der Waals surface area contributed by atoms with Gasteiger partial charge in [0, 0.05) is 28.2 Å². The van der Waals surface area contributed by atoms with Crippen LogP contribution in [0.15, 0.2) is 0 Å². The molecule has 27 heavy (non-hydrogen) atoms. The summed E-state index contributed by atoms with van der Waals surface area (Å²) in [5.74, 6) is -2.35. The molecule has 12 N–H and O–H groups in total. The first-order valence-electron chi connectivity index (χ1n) is 6.88. The molecule has 14 nitrogen and oxygen atoms in total. The molecule has 0 aromatic carbocycles. The van der Waals surface area contributed by atoms with E-state index in [2.05, 4.69) is 10.6 Å². The molecule has 0 radical (unpaired) electrons. The summed E-state index contributed by atoms with van der Waals surface area (Å²) >= 11 is 0. The largest absolute Gasteiger partial charge is 0.481 e. The molecule has 0 spiro atoms. The molecular formula is C12H29ClN10O4. The van der Waals surface area contributed by atoms with Crippen LogP contribution in [0.1, 0.15) is 12.8 Å². The second-order valence-corrected chi connectivity index (χ2v) is 4.85. The van der Waals surface area contributed by atoms with Gasteiger partial charge in [0.2, 0.25) is 0 Å². The molecule has 0 bridgehead atoms. The van der Waals surface area contributed by atoms with Crippen molar-refractivity contribution in [1.82, 2.24) is 20.4 Å². The van der Waals surface area contributed by atoms with Crippen molar-refractivity contribution in [3.63, 3.8) is 0 Å². The summed E-state index contributed by atoms with van der Waals surface area (Å²) in [4.78, 5) is 22.3. The minimum Gasteiger partial charge on any atom is -0.481 e. The predicted octanol–water partition coefficient (Wildman–Crippen LogP) is -1.71. The second kappa shape index (κ2) is 17.5. The first-order chi connectivity index (χ1) is 11.7. The van der Waals surface area contributed by atoms with Crippen LogP contribution in [0.4, 0.5) is 0 Å². The zero-order valence-corrected chi connectivity index (χ0v) is 16.4. The van der Waals surface area contributed by atoms with Gasteiger partial charge in [-0.25, -0.2) is 0 Å². The lowest BCUT2D eigenvalue weighted by atomic mass is 10.3. The summed E-state index contributed by atoms with van der Waals surface area (Å²) < 4.78 is 0. The van der Waals surface area contributed by atoms with Crippen molar-refractivity contribution in [3.8, 4) is 0 Å². The molecule has 0 heterocycles. The first kappa shape index (κ1) is 31.5. The number of hydrogen-bond acceptors (Lipinski definition) is 6. The molecule has 0 aromatic heterocycles. The molecule has 0 amide bonds. The molecule has 0 rings (SSSR count). The van der Waals surface area contributed by atoms with Gasteiger partial charge in [-0.05, 0) is 0 Å². The standard InChI is InChI=1S/2C4H11N5.C4H6O4.ClH/c2*1-9(2)4(7)8-3(5)6;5-3(6)1-2-4(7)8;/h2*1-2H3,(H5,5,6,7,8);1-2H2,(H,5,6)(H,7,8);1H. The fourth-order valence-corrected chi connectivity index (χ4v) is 0.693. The number of hydrogen-bond donors (Lipinski definition) is 10. The molecule has 0 aliphatic carbocycles. The Hall–Kier alpha value is -3.29. The van der Waals surface area contributed by atoms with Gasteiger partial charge in [0.1, 0.15) is 0 Å². The lowest BCUT2D eigenvalue weighted by molar-refractivity contribution is -0.143. The van der Waals surface area contributed by atoms with Gasteiger partial charge < -0.3 is 31.5 Å². The molecule has 0 unspecified atom stereocenters. The van der Waals surface area contributed by atoms with Crippen molar-refractivity contribution in [3.05, 3.63) is 0 Å². The maximum atomic E-state index is 9.64. The Labute approximate surface area is 163 Å². The number of carboxylic acid groups (broad SMARTS) is 2. The maximum Gasteiger partial charge on any atom is 0.303 e. The van der Waals surface area contributed by atoms with E-state index < -0.39 is 11.9 Å². The monoisotopic (exact) mass is 412 g/mol. The van der Waals surface area contributed by atoms with Crippen molar-refractivity contribution in [1.29, 1.82) is 21.6 Å². The molecule has 0 aliphatic heterocycles. The lowest BCUT2D eigenvalue weighted by Crippen LogP contribution is -2.42. The van der Waals surface area contributed by atoms with E-state index >= 15 is 0 Å². The maximum absolute atomic E-state index is 9.64. The van der Waals surface area contributed by atoms with Gasteiger partial charge in [-0.15, -0.1) is 12.4 Å². The van der Waals surface area contributed by atoms with Crippen LogP contribution in [-0.2, 0) is 9.59 Å². The van der Waals surface area contributed by atoms with Gasteiger partial charge >= 0.3 is 11.9 Å². The zero-order chi connectivity index (χ0) is 21.4. The highest BCUT2D eigenvalue weighted by molar-refractivity contribution is 5.95. The van der Waals surface area contributed by atoms with Crippen LogP contribution < -0.4 is 22.1 Å². The lowest BCUT2D eigenvalue weighted by Gasteiger charge is -2.13. The van der Waals surface area contributed by atoms with Crippen molar-refractivity contribution in [2.45, 2.75) is 12.8 Å². The van der Waals surface area contributed by atoms with Crippen LogP contribution in [0.5, 0.6) is 0 Å². The average Bonchev–Trinajstić information content (AvgIpc) is 2.44. The number of rotatable bonds is 3. The quantitative estimate of drug-likeness (QED) is 0.185. The molecular weight excluding hydrogens is 384 g/mol. The van der Waals surface area contributed by atoms with E-state index in [1.54, 1.807) is 28.2 Å². The van der Waals surface area contributed by atoms with Crippen molar-refractivity contribution in [2.75, 3.05) is 28.2 Å². The SMILES string of the molecule is CN(C)C(=N)NC(=N)N.CN(C)C(=N)NC(=N)N.Cl.O=C(O)CCC(=O)O. The number of nitrogens with one attached hydrogen (secondary N) is 6. The molecule has 158 valence electrons. The topological polar surface area (TPSA) is 253 Å². The predicted molar refractivity (Wildman–Crippen MR) is 105 cm³/mol. The normalized spacial score (nSPS) is 8.00. The molecule has 0 atom stereocenters. The number of nitrogens with two attached hydrogens (primary N) is 2. The third-order valence-corrected chi connectivity index (χ3v) is 1.95. The summed E-state index contributed by atoms with van der Waals surface area (Å²) in [6, 6.07) is 0. The Bertz CT molecular complexity index is 478. The molecule has 15 heteroatoms. The molecule has 0 fully saturated rings. The average molecular weight is 413 g/mol. The van der Waals surface area contributed by atoms with Crippen molar-refractivity contribution < 1.29 is 19.8 Å². The minimum absolute atomic E-state index is 0. The van der Waals surface area contributed by atoms with Gasteiger partial charge in [0.05, 0.1) is 12.8 Å². The Kier molecular flexibility index (Phi) is 20.4. The Balaban J connectivity index is -0.000000145. The van der Waals surface area contributed by atoms with Gasteiger partial charge in [0.15, 0.2) is 23.8 Å². The Morgan fingerprint density at radius 1 is 0.778 bits per heavy atom. The second-order valence-electron chi connectivity index (χ2n) is 4.85. The highest BCUT2D eigenvalue weighted by Crippen LogP contribution is 1.86. The van der Waals surface area contributed by atoms with Crippen LogP contribution in [0.2, 0.25) is 0 Å². The number of carbonyl (C=O) groups is 2. The highest BCUT2D eigenvalue weighted by Gasteiger charge is 2.00. The van der Waals surface area contributed by atoms with E-state index in [0.29, 0.717) is 0 Å². The molecule has 0 saturated carbocycles. The fourth-order valence-electron chi connectivity index (χ4n) is 0.693. The van der Waals surface area contributed by atoms with Crippen molar-refractivity contribution >= 4 is 48.2 Å².